The van der Waals surface area contributed by atoms with Gasteiger partial charge >= 0.3 is 0 Å². The van der Waals surface area contributed by atoms with E-state index in [0.29, 0.717) is 5.38 Å². The topological polar surface area (TPSA) is 0 Å². The minimum atomic E-state index is 0.491. The zero-order chi connectivity index (χ0) is 8.10. The van der Waals surface area contributed by atoms with Crippen LogP contribution < -0.4 is 0 Å². The van der Waals surface area contributed by atoms with E-state index in [1.807, 2.05) is 0 Å². The largest absolute Gasteiger partial charge is 0.123 e. The molecule has 11 heavy (non-hydrogen) atoms. The highest BCUT2D eigenvalue weighted by Gasteiger charge is 2.19. The van der Waals surface area contributed by atoms with Gasteiger partial charge in [-0.3, -0.25) is 0 Å². The van der Waals surface area contributed by atoms with Crippen molar-refractivity contribution in [3.05, 3.63) is 0 Å². The van der Waals surface area contributed by atoms with Gasteiger partial charge in [0.15, 0.2) is 0 Å². The first-order chi connectivity index (χ1) is 5.33. The second kappa shape index (κ2) is 5.03. The van der Waals surface area contributed by atoms with Gasteiger partial charge in [0.25, 0.3) is 0 Å². The van der Waals surface area contributed by atoms with Gasteiger partial charge in [0.2, 0.25) is 0 Å². The van der Waals surface area contributed by atoms with Gasteiger partial charge in [0, 0.05) is 5.38 Å². The van der Waals surface area contributed by atoms with Crippen LogP contribution in [0.2, 0.25) is 0 Å². The maximum atomic E-state index is 6.09. The van der Waals surface area contributed by atoms with E-state index in [9.17, 15) is 0 Å². The molecule has 2 unspecified atom stereocenters. The third-order valence-electron chi connectivity index (χ3n) is 2.68. The van der Waals surface area contributed by atoms with E-state index in [0.717, 1.165) is 5.92 Å². The monoisotopic (exact) mass is 174 g/mol. The second-order valence-corrected chi connectivity index (χ2v) is 4.39. The van der Waals surface area contributed by atoms with Crippen LogP contribution in [-0.2, 0) is 0 Å². The highest BCUT2D eigenvalue weighted by atomic mass is 35.5. The number of halogens is 1. The molecule has 0 nitrogen and oxygen atoms in total. The summed E-state index contributed by atoms with van der Waals surface area (Å²) in [5, 5.41) is 0.491. The quantitative estimate of drug-likeness (QED) is 0.568. The van der Waals surface area contributed by atoms with Crippen LogP contribution in [0.15, 0.2) is 0 Å². The predicted octanol–water partition coefficient (Wildman–Crippen LogP) is 3.97. The normalized spacial score (nSPS) is 32.2. The van der Waals surface area contributed by atoms with Crippen LogP contribution >= 0.6 is 11.6 Å². The Morgan fingerprint density at radius 2 is 2.18 bits per heavy atom. The molecule has 0 aromatic carbocycles. The molecule has 0 spiro atoms. The molecule has 0 bridgehead atoms. The zero-order valence-electron chi connectivity index (χ0n) is 7.48. The van der Waals surface area contributed by atoms with Crippen molar-refractivity contribution in [2.45, 2.75) is 57.2 Å². The molecule has 1 aliphatic rings. The number of unbranched alkanes of at least 4 members (excludes halogenated alkanes) is 1. The van der Waals surface area contributed by atoms with Gasteiger partial charge < -0.3 is 0 Å². The highest BCUT2D eigenvalue weighted by Crippen LogP contribution is 2.30. The van der Waals surface area contributed by atoms with Crippen molar-refractivity contribution >= 4 is 11.6 Å². The summed E-state index contributed by atoms with van der Waals surface area (Å²) in [4.78, 5) is 0. The summed E-state index contributed by atoms with van der Waals surface area (Å²) in [6.07, 6.45) is 9.48. The van der Waals surface area contributed by atoms with Gasteiger partial charge in [-0.05, 0) is 18.8 Å². The Labute approximate surface area is 75.3 Å². The molecule has 0 N–H and O–H groups in total. The molecule has 1 saturated carbocycles. The van der Waals surface area contributed by atoms with Crippen molar-refractivity contribution < 1.29 is 0 Å². The fourth-order valence-electron chi connectivity index (χ4n) is 1.98. The number of alkyl halides is 1. The van der Waals surface area contributed by atoms with Gasteiger partial charge in [-0.15, -0.1) is 11.6 Å². The van der Waals surface area contributed by atoms with Crippen LogP contribution in [0, 0.1) is 5.92 Å². The van der Waals surface area contributed by atoms with Crippen molar-refractivity contribution in [3.63, 3.8) is 0 Å². The minimum Gasteiger partial charge on any atom is -0.123 e. The first-order valence-corrected chi connectivity index (χ1v) is 5.40. The van der Waals surface area contributed by atoms with Gasteiger partial charge in [-0.25, -0.2) is 0 Å². The van der Waals surface area contributed by atoms with E-state index in [1.54, 1.807) is 0 Å². The minimum absolute atomic E-state index is 0.491. The van der Waals surface area contributed by atoms with Gasteiger partial charge in [0.1, 0.15) is 0 Å². The van der Waals surface area contributed by atoms with Crippen LogP contribution in [0.4, 0.5) is 0 Å². The summed E-state index contributed by atoms with van der Waals surface area (Å²) in [5.41, 5.74) is 0. The lowest BCUT2D eigenvalue weighted by molar-refractivity contribution is 0.335. The van der Waals surface area contributed by atoms with Crippen LogP contribution in [0.3, 0.4) is 0 Å². The lowest BCUT2D eigenvalue weighted by atomic mass is 9.85. The fraction of sp³-hybridized carbons (Fsp3) is 1.00. The number of rotatable bonds is 3. The smallest absolute Gasteiger partial charge is 0.0338 e. The Balaban J connectivity index is 2.12. The Kier molecular flexibility index (Phi) is 4.29. The van der Waals surface area contributed by atoms with E-state index in [-0.39, 0.29) is 0 Å². The Morgan fingerprint density at radius 3 is 2.82 bits per heavy atom. The average molecular weight is 175 g/mol. The Hall–Kier alpha value is 0.290. The van der Waals surface area contributed by atoms with Crippen LogP contribution in [-0.4, -0.2) is 5.38 Å². The molecule has 0 aromatic heterocycles. The van der Waals surface area contributed by atoms with Crippen LogP contribution in [0.1, 0.15) is 51.9 Å². The molecule has 1 heteroatoms. The van der Waals surface area contributed by atoms with E-state index in [1.165, 1.54) is 44.9 Å². The first-order valence-electron chi connectivity index (χ1n) is 4.97. The molecular formula is C10H19Cl. The molecule has 66 valence electrons. The maximum absolute atomic E-state index is 6.09. The summed E-state index contributed by atoms with van der Waals surface area (Å²) in [6, 6.07) is 0. The van der Waals surface area contributed by atoms with Crippen molar-refractivity contribution in [2.75, 3.05) is 0 Å². The molecule has 1 fully saturated rings. The molecule has 0 aromatic rings. The third kappa shape index (κ3) is 3.46. The summed E-state index contributed by atoms with van der Waals surface area (Å²) in [5.74, 6) is 0.950. The van der Waals surface area contributed by atoms with Crippen molar-refractivity contribution in [2.24, 2.45) is 5.92 Å². The van der Waals surface area contributed by atoms with Crippen LogP contribution in [0.25, 0.3) is 0 Å². The molecular weight excluding hydrogens is 156 g/mol. The SMILES string of the molecule is CCCCC1CCCC(Cl)C1. The zero-order valence-corrected chi connectivity index (χ0v) is 8.24. The van der Waals surface area contributed by atoms with Gasteiger partial charge in [-0.1, -0.05) is 39.0 Å². The van der Waals surface area contributed by atoms with Crippen LogP contribution in [0.5, 0.6) is 0 Å². The first kappa shape index (κ1) is 9.38. The van der Waals surface area contributed by atoms with E-state index < -0.39 is 0 Å². The van der Waals surface area contributed by atoms with Crippen molar-refractivity contribution in [1.29, 1.82) is 0 Å². The molecule has 0 saturated heterocycles. The molecule has 0 heterocycles. The summed E-state index contributed by atoms with van der Waals surface area (Å²) in [6.45, 7) is 2.26. The van der Waals surface area contributed by atoms with Crippen molar-refractivity contribution in [1.82, 2.24) is 0 Å². The van der Waals surface area contributed by atoms with E-state index in [4.69, 9.17) is 11.6 Å². The standard InChI is InChI=1S/C10H19Cl/c1-2-3-5-9-6-4-7-10(11)8-9/h9-10H,2-8H2,1H3. The van der Waals surface area contributed by atoms with Gasteiger partial charge in [-0.2, -0.15) is 0 Å². The Morgan fingerprint density at radius 1 is 1.36 bits per heavy atom. The molecule has 0 amide bonds. The molecule has 1 aliphatic carbocycles. The van der Waals surface area contributed by atoms with E-state index >= 15 is 0 Å². The predicted molar refractivity (Wildman–Crippen MR) is 51.1 cm³/mol. The highest BCUT2D eigenvalue weighted by molar-refractivity contribution is 6.20. The van der Waals surface area contributed by atoms with Crippen molar-refractivity contribution in [3.8, 4) is 0 Å². The molecule has 2 atom stereocenters. The average Bonchev–Trinajstić information content (AvgIpc) is 2.01. The summed E-state index contributed by atoms with van der Waals surface area (Å²) in [7, 11) is 0. The summed E-state index contributed by atoms with van der Waals surface area (Å²) >= 11 is 6.09. The lowest BCUT2D eigenvalue weighted by Crippen LogP contribution is -2.15. The molecule has 0 radical (unpaired) electrons. The molecule has 0 aliphatic heterocycles. The molecule has 1 rings (SSSR count). The second-order valence-electron chi connectivity index (χ2n) is 3.77. The lowest BCUT2D eigenvalue weighted by Gasteiger charge is -2.24. The number of hydrogen-bond acceptors (Lipinski definition) is 0. The number of hydrogen-bond donors (Lipinski definition) is 0. The maximum Gasteiger partial charge on any atom is 0.0338 e. The summed E-state index contributed by atoms with van der Waals surface area (Å²) < 4.78 is 0. The fourth-order valence-corrected chi connectivity index (χ4v) is 2.39. The Bertz CT molecular complexity index is 101. The van der Waals surface area contributed by atoms with Gasteiger partial charge in [0.05, 0.1) is 0 Å². The third-order valence-corrected chi connectivity index (χ3v) is 3.08. The van der Waals surface area contributed by atoms with E-state index in [2.05, 4.69) is 6.92 Å².